The number of anilines is 1. The molecule has 0 saturated heterocycles. The third-order valence-corrected chi connectivity index (χ3v) is 3.12. The lowest BCUT2D eigenvalue weighted by Gasteiger charge is -2.02. The van der Waals surface area contributed by atoms with Crippen LogP contribution >= 0.6 is 0 Å². The molecule has 1 N–H and O–H groups in total. The molecule has 0 aliphatic carbocycles. The summed E-state index contributed by atoms with van der Waals surface area (Å²) in [5.41, 5.74) is 3.64. The number of rotatable bonds is 4. The molecule has 20 heavy (non-hydrogen) atoms. The van der Waals surface area contributed by atoms with Crippen molar-refractivity contribution in [2.24, 2.45) is 0 Å². The molecule has 0 heterocycles. The summed E-state index contributed by atoms with van der Waals surface area (Å²) >= 11 is 0. The van der Waals surface area contributed by atoms with Crippen LogP contribution in [0.4, 0.5) is 10.1 Å². The maximum Gasteiger partial charge on any atom is 0.187 e. The highest BCUT2D eigenvalue weighted by molar-refractivity contribution is 6.04. The average Bonchev–Trinajstić information content (AvgIpc) is 2.44. The van der Waals surface area contributed by atoms with Gasteiger partial charge in [-0.1, -0.05) is 12.1 Å². The van der Waals surface area contributed by atoms with Crippen LogP contribution in [0.3, 0.4) is 0 Å². The van der Waals surface area contributed by atoms with Crippen LogP contribution in [-0.4, -0.2) is 5.78 Å². The highest BCUT2D eigenvalue weighted by atomic mass is 19.1. The van der Waals surface area contributed by atoms with Crippen molar-refractivity contribution in [3.63, 3.8) is 0 Å². The van der Waals surface area contributed by atoms with E-state index in [4.69, 9.17) is 0 Å². The Bertz CT molecular complexity index is 645. The normalized spacial score (nSPS) is 10.8. The summed E-state index contributed by atoms with van der Waals surface area (Å²) in [6.07, 6.45) is 3.03. The van der Waals surface area contributed by atoms with Crippen molar-refractivity contribution in [1.82, 2.24) is 0 Å². The number of nitrogens with one attached hydrogen (secondary N) is 1. The monoisotopic (exact) mass is 269 g/mol. The number of hydrogen-bond acceptors (Lipinski definition) is 2. The van der Waals surface area contributed by atoms with E-state index in [1.807, 2.05) is 32.0 Å². The summed E-state index contributed by atoms with van der Waals surface area (Å²) in [6.45, 7) is 3.99. The molecular weight excluding hydrogens is 253 g/mol. The molecule has 2 aromatic rings. The molecule has 0 unspecified atom stereocenters. The molecule has 0 amide bonds. The summed E-state index contributed by atoms with van der Waals surface area (Å²) in [4.78, 5) is 12.0. The van der Waals surface area contributed by atoms with Gasteiger partial charge in [-0.15, -0.1) is 0 Å². The van der Waals surface area contributed by atoms with Gasteiger partial charge in [0.25, 0.3) is 0 Å². The fourth-order valence-corrected chi connectivity index (χ4v) is 1.75. The zero-order valence-electron chi connectivity index (χ0n) is 11.5. The lowest BCUT2D eigenvalue weighted by Crippen LogP contribution is -1.97. The van der Waals surface area contributed by atoms with Gasteiger partial charge >= 0.3 is 0 Å². The molecule has 2 rings (SSSR count). The van der Waals surface area contributed by atoms with Gasteiger partial charge in [0.2, 0.25) is 0 Å². The van der Waals surface area contributed by atoms with Crippen molar-refractivity contribution in [2.45, 2.75) is 13.8 Å². The number of benzene rings is 2. The number of allylic oxidation sites excluding steroid dienone is 1. The fraction of sp³-hybridized carbons (Fsp3) is 0.118. The molecule has 0 atom stereocenters. The Hall–Kier alpha value is -2.42. The second-order valence-corrected chi connectivity index (χ2v) is 4.65. The Morgan fingerprint density at radius 1 is 1.05 bits per heavy atom. The third-order valence-electron chi connectivity index (χ3n) is 3.12. The lowest BCUT2D eigenvalue weighted by molar-refractivity contribution is 0.104. The summed E-state index contributed by atoms with van der Waals surface area (Å²) in [5, 5.41) is 2.93. The predicted octanol–water partition coefficient (Wildman–Crippen LogP) is 4.25. The maximum absolute atomic E-state index is 12.7. The minimum atomic E-state index is -0.286. The van der Waals surface area contributed by atoms with Crippen molar-refractivity contribution < 1.29 is 9.18 Å². The molecule has 0 aliphatic rings. The number of aryl methyl sites for hydroxylation is 2. The first-order valence-corrected chi connectivity index (χ1v) is 6.36. The van der Waals surface area contributed by atoms with E-state index in [1.54, 1.807) is 18.3 Å². The summed E-state index contributed by atoms with van der Waals surface area (Å²) in [6, 6.07) is 11.6. The average molecular weight is 269 g/mol. The van der Waals surface area contributed by atoms with Crippen LogP contribution in [0.5, 0.6) is 0 Å². The molecule has 2 aromatic carbocycles. The molecule has 0 radical (unpaired) electrons. The van der Waals surface area contributed by atoms with E-state index < -0.39 is 0 Å². The van der Waals surface area contributed by atoms with Gasteiger partial charge in [0, 0.05) is 23.5 Å². The number of ketones is 1. The standard InChI is InChI=1S/C17H16FNO/c1-12-3-4-14(11-13(12)2)17(20)9-10-19-16-7-5-15(18)6-8-16/h3-11,19H,1-2H3. The topological polar surface area (TPSA) is 29.1 Å². The van der Waals surface area contributed by atoms with Gasteiger partial charge in [-0.25, -0.2) is 4.39 Å². The minimum absolute atomic E-state index is 0.0669. The largest absolute Gasteiger partial charge is 0.362 e. The highest BCUT2D eigenvalue weighted by Crippen LogP contribution is 2.11. The molecule has 0 saturated carbocycles. The van der Waals surface area contributed by atoms with Gasteiger partial charge in [0.1, 0.15) is 5.82 Å². The van der Waals surface area contributed by atoms with E-state index in [0.717, 1.165) is 16.8 Å². The number of carbonyl (C=O) groups excluding carboxylic acids is 1. The Morgan fingerprint density at radius 3 is 2.40 bits per heavy atom. The molecule has 2 nitrogen and oxygen atoms in total. The molecule has 0 spiro atoms. The van der Waals surface area contributed by atoms with Crippen LogP contribution < -0.4 is 5.32 Å². The van der Waals surface area contributed by atoms with Crippen LogP contribution in [-0.2, 0) is 0 Å². The van der Waals surface area contributed by atoms with E-state index in [9.17, 15) is 9.18 Å². The smallest absolute Gasteiger partial charge is 0.187 e. The molecular formula is C17H16FNO. The van der Waals surface area contributed by atoms with Crippen LogP contribution in [0.1, 0.15) is 21.5 Å². The van der Waals surface area contributed by atoms with Crippen LogP contribution in [0, 0.1) is 19.7 Å². The van der Waals surface area contributed by atoms with Crippen LogP contribution in [0.25, 0.3) is 0 Å². The van der Waals surface area contributed by atoms with Crippen LogP contribution in [0.15, 0.2) is 54.7 Å². The second kappa shape index (κ2) is 6.15. The molecule has 0 aromatic heterocycles. The van der Waals surface area contributed by atoms with E-state index in [2.05, 4.69) is 5.32 Å². The first-order valence-electron chi connectivity index (χ1n) is 6.36. The zero-order chi connectivity index (χ0) is 14.5. The van der Waals surface area contributed by atoms with E-state index in [-0.39, 0.29) is 11.6 Å². The Balaban J connectivity index is 2.01. The second-order valence-electron chi connectivity index (χ2n) is 4.65. The Kier molecular flexibility index (Phi) is 4.31. The Labute approximate surface area is 118 Å². The first-order chi connectivity index (χ1) is 9.56. The van der Waals surface area contributed by atoms with Gasteiger partial charge in [-0.05, 0) is 55.3 Å². The predicted molar refractivity (Wildman–Crippen MR) is 79.4 cm³/mol. The van der Waals surface area contributed by atoms with Gasteiger partial charge in [-0.2, -0.15) is 0 Å². The van der Waals surface area contributed by atoms with Crippen molar-refractivity contribution in [3.8, 4) is 0 Å². The number of hydrogen-bond donors (Lipinski definition) is 1. The van der Waals surface area contributed by atoms with Crippen LogP contribution in [0.2, 0.25) is 0 Å². The van der Waals surface area contributed by atoms with Gasteiger partial charge in [0.15, 0.2) is 5.78 Å². The van der Waals surface area contributed by atoms with Gasteiger partial charge < -0.3 is 5.32 Å². The van der Waals surface area contributed by atoms with E-state index >= 15 is 0 Å². The van der Waals surface area contributed by atoms with Crippen molar-refractivity contribution in [3.05, 3.63) is 77.2 Å². The fourth-order valence-electron chi connectivity index (χ4n) is 1.75. The number of halogens is 1. The molecule has 0 bridgehead atoms. The van der Waals surface area contributed by atoms with Gasteiger partial charge in [-0.3, -0.25) is 4.79 Å². The summed E-state index contributed by atoms with van der Waals surface area (Å²) in [5.74, 6) is -0.353. The van der Waals surface area contributed by atoms with Crippen molar-refractivity contribution in [1.29, 1.82) is 0 Å². The lowest BCUT2D eigenvalue weighted by atomic mass is 10.0. The zero-order valence-corrected chi connectivity index (χ0v) is 11.5. The van der Waals surface area contributed by atoms with Gasteiger partial charge in [0.05, 0.1) is 0 Å². The molecule has 0 fully saturated rings. The van der Waals surface area contributed by atoms with E-state index in [1.165, 1.54) is 18.2 Å². The van der Waals surface area contributed by atoms with Crippen molar-refractivity contribution >= 4 is 11.5 Å². The molecule has 102 valence electrons. The van der Waals surface area contributed by atoms with E-state index in [0.29, 0.717) is 5.56 Å². The molecule has 3 heteroatoms. The maximum atomic E-state index is 12.7. The third kappa shape index (κ3) is 3.54. The minimum Gasteiger partial charge on any atom is -0.362 e. The highest BCUT2D eigenvalue weighted by Gasteiger charge is 2.02. The molecule has 0 aliphatic heterocycles. The summed E-state index contributed by atoms with van der Waals surface area (Å²) < 4.78 is 12.7. The first kappa shape index (κ1) is 14.0. The van der Waals surface area contributed by atoms with Crippen molar-refractivity contribution in [2.75, 3.05) is 5.32 Å². The quantitative estimate of drug-likeness (QED) is 0.664. The SMILES string of the molecule is Cc1ccc(C(=O)C=CNc2ccc(F)cc2)cc1C. The number of carbonyl (C=O) groups is 1. The summed E-state index contributed by atoms with van der Waals surface area (Å²) in [7, 11) is 0. The Morgan fingerprint density at radius 2 is 1.75 bits per heavy atom.